The molecule has 0 aliphatic heterocycles. The van der Waals surface area contributed by atoms with E-state index in [1.165, 1.54) is 0 Å². The van der Waals surface area contributed by atoms with Gasteiger partial charge in [0.25, 0.3) is 10.1 Å². The minimum absolute atomic E-state index is 0.372. The van der Waals surface area contributed by atoms with Crippen LogP contribution in [0.15, 0.2) is 43.0 Å². The van der Waals surface area contributed by atoms with Crippen LogP contribution in [0.2, 0.25) is 0 Å². The van der Waals surface area contributed by atoms with Crippen molar-refractivity contribution in [1.82, 2.24) is 0 Å². The van der Waals surface area contributed by atoms with E-state index in [1.807, 2.05) is 0 Å². The second-order valence-corrected chi connectivity index (χ2v) is 5.08. The van der Waals surface area contributed by atoms with Crippen LogP contribution in [0.3, 0.4) is 0 Å². The highest BCUT2D eigenvalue weighted by atomic mass is 32.2. The molecule has 4 heteroatoms. The molecule has 0 aliphatic carbocycles. The van der Waals surface area contributed by atoms with Gasteiger partial charge in [0.2, 0.25) is 0 Å². The molecule has 1 aromatic carbocycles. The predicted octanol–water partition coefficient (Wildman–Crippen LogP) is 2.83. The first-order chi connectivity index (χ1) is 7.38. The Kier molecular flexibility index (Phi) is 3.67. The number of benzene rings is 1. The fraction of sp³-hybridized carbons (Fsp3) is 0.167. The summed E-state index contributed by atoms with van der Waals surface area (Å²) in [5.74, 6) is 0. The van der Waals surface area contributed by atoms with Crippen LogP contribution in [-0.2, 0) is 10.1 Å². The number of rotatable bonds is 4. The summed E-state index contributed by atoms with van der Waals surface area (Å²) in [5, 5.41) is -1.10. The lowest BCUT2D eigenvalue weighted by molar-refractivity contribution is 0.474. The molecule has 0 saturated carbocycles. The Balaban J connectivity index is 3.44. The maximum Gasteiger partial charge on any atom is 0.275 e. The molecular weight excluding hydrogens is 224 g/mol. The lowest BCUT2D eigenvalue weighted by Crippen LogP contribution is -2.14. The second-order valence-electron chi connectivity index (χ2n) is 3.57. The fourth-order valence-electron chi connectivity index (χ4n) is 1.62. The van der Waals surface area contributed by atoms with Crippen LogP contribution < -0.4 is 0 Å². The molecule has 0 bridgehead atoms. The molecule has 1 N–H and O–H groups in total. The average Bonchev–Trinajstić information content (AvgIpc) is 2.15. The fourth-order valence-corrected chi connectivity index (χ4v) is 2.66. The van der Waals surface area contributed by atoms with Crippen molar-refractivity contribution in [3.8, 4) is 0 Å². The molecule has 86 valence electrons. The first-order valence-electron chi connectivity index (χ1n) is 4.71. The molecule has 1 rings (SSSR count). The molecule has 0 spiro atoms. The lowest BCUT2D eigenvalue weighted by atomic mass is 10.0. The van der Waals surface area contributed by atoms with Gasteiger partial charge < -0.3 is 0 Å². The zero-order valence-corrected chi connectivity index (χ0v) is 9.87. The van der Waals surface area contributed by atoms with E-state index in [-0.39, 0.29) is 0 Å². The molecule has 1 atom stereocenters. The molecule has 0 aliphatic rings. The van der Waals surface area contributed by atoms with Crippen LogP contribution in [0, 0.1) is 0 Å². The van der Waals surface area contributed by atoms with Crippen molar-refractivity contribution in [3.63, 3.8) is 0 Å². The Morgan fingerprint density at radius 2 is 2.00 bits per heavy atom. The summed E-state index contributed by atoms with van der Waals surface area (Å²) in [6, 6.07) is 6.87. The third-order valence-corrected chi connectivity index (χ3v) is 3.50. The van der Waals surface area contributed by atoms with E-state index >= 15 is 0 Å². The van der Waals surface area contributed by atoms with Gasteiger partial charge in [-0.05, 0) is 18.1 Å². The van der Waals surface area contributed by atoms with Gasteiger partial charge in [-0.15, -0.1) is 0 Å². The van der Waals surface area contributed by atoms with Gasteiger partial charge in [-0.2, -0.15) is 8.42 Å². The smallest absolute Gasteiger partial charge is 0.275 e. The summed E-state index contributed by atoms with van der Waals surface area (Å²) in [6.07, 6.45) is 1.55. The SMILES string of the molecule is C=Cc1ccccc1C(C(=C)C)S(=O)(=O)O. The van der Waals surface area contributed by atoms with Crippen molar-refractivity contribution in [2.45, 2.75) is 12.2 Å². The quantitative estimate of drug-likeness (QED) is 0.648. The lowest BCUT2D eigenvalue weighted by Gasteiger charge is -2.16. The summed E-state index contributed by atoms with van der Waals surface area (Å²) < 4.78 is 31.8. The van der Waals surface area contributed by atoms with E-state index in [2.05, 4.69) is 13.2 Å². The largest absolute Gasteiger partial charge is 0.285 e. The van der Waals surface area contributed by atoms with Gasteiger partial charge in [0, 0.05) is 0 Å². The molecule has 0 saturated heterocycles. The van der Waals surface area contributed by atoms with Gasteiger partial charge in [0.05, 0.1) is 0 Å². The van der Waals surface area contributed by atoms with Crippen molar-refractivity contribution in [2.75, 3.05) is 0 Å². The van der Waals surface area contributed by atoms with Crippen molar-refractivity contribution in [2.24, 2.45) is 0 Å². The Bertz CT molecular complexity index is 515. The van der Waals surface area contributed by atoms with Crippen LogP contribution in [0.25, 0.3) is 6.08 Å². The molecule has 16 heavy (non-hydrogen) atoms. The van der Waals surface area contributed by atoms with E-state index in [4.69, 9.17) is 0 Å². The summed E-state index contributed by atoms with van der Waals surface area (Å²) in [6.45, 7) is 8.78. The minimum atomic E-state index is -4.20. The average molecular weight is 238 g/mol. The van der Waals surface area contributed by atoms with Crippen molar-refractivity contribution < 1.29 is 13.0 Å². The van der Waals surface area contributed by atoms with E-state index in [0.717, 1.165) is 0 Å². The number of hydrogen-bond acceptors (Lipinski definition) is 2. The van der Waals surface area contributed by atoms with Crippen molar-refractivity contribution in [3.05, 3.63) is 54.1 Å². The van der Waals surface area contributed by atoms with Crippen molar-refractivity contribution >= 4 is 16.2 Å². The highest BCUT2D eigenvalue weighted by Crippen LogP contribution is 2.31. The van der Waals surface area contributed by atoms with Gasteiger partial charge in [0.15, 0.2) is 0 Å². The third-order valence-electron chi connectivity index (χ3n) is 2.24. The van der Waals surface area contributed by atoms with Crippen LogP contribution in [-0.4, -0.2) is 13.0 Å². The highest BCUT2D eigenvalue weighted by molar-refractivity contribution is 7.86. The van der Waals surface area contributed by atoms with Crippen molar-refractivity contribution in [1.29, 1.82) is 0 Å². The maximum absolute atomic E-state index is 11.3. The van der Waals surface area contributed by atoms with Crippen LogP contribution in [0.1, 0.15) is 23.3 Å². The van der Waals surface area contributed by atoms with Crippen LogP contribution in [0.4, 0.5) is 0 Å². The third kappa shape index (κ3) is 2.59. The zero-order chi connectivity index (χ0) is 12.3. The van der Waals surface area contributed by atoms with Crippen LogP contribution >= 0.6 is 0 Å². The first kappa shape index (κ1) is 12.7. The summed E-state index contributed by atoms with van der Waals surface area (Å²) in [4.78, 5) is 0. The van der Waals surface area contributed by atoms with E-state index in [0.29, 0.717) is 16.7 Å². The molecule has 0 heterocycles. The van der Waals surface area contributed by atoms with Gasteiger partial charge >= 0.3 is 0 Å². The summed E-state index contributed by atoms with van der Waals surface area (Å²) in [7, 11) is -4.20. The molecule has 1 aromatic rings. The Morgan fingerprint density at radius 1 is 1.44 bits per heavy atom. The first-order valence-corrected chi connectivity index (χ1v) is 6.21. The van der Waals surface area contributed by atoms with Gasteiger partial charge in [-0.3, -0.25) is 4.55 Å². The Labute approximate surface area is 95.9 Å². The normalized spacial score (nSPS) is 13.1. The molecule has 1 unspecified atom stereocenters. The summed E-state index contributed by atoms with van der Waals surface area (Å²) in [5.41, 5.74) is 1.54. The molecule has 0 fully saturated rings. The predicted molar refractivity (Wildman–Crippen MR) is 65.6 cm³/mol. The molecule has 0 aromatic heterocycles. The van der Waals surface area contributed by atoms with Gasteiger partial charge in [-0.1, -0.05) is 49.1 Å². The molecule has 0 amide bonds. The zero-order valence-electron chi connectivity index (χ0n) is 9.05. The van der Waals surface area contributed by atoms with E-state index in [9.17, 15) is 13.0 Å². The van der Waals surface area contributed by atoms with E-state index in [1.54, 1.807) is 37.3 Å². The van der Waals surface area contributed by atoms with Gasteiger partial charge in [-0.25, -0.2) is 0 Å². The summed E-state index contributed by atoms with van der Waals surface area (Å²) >= 11 is 0. The monoisotopic (exact) mass is 238 g/mol. The standard InChI is InChI=1S/C12H14O3S/c1-4-10-7-5-6-8-11(10)12(9(2)3)16(13,14)15/h4-8,12H,1-2H2,3H3,(H,13,14,15). The minimum Gasteiger partial charge on any atom is -0.285 e. The molecular formula is C12H14O3S. The Morgan fingerprint density at radius 3 is 2.44 bits per heavy atom. The topological polar surface area (TPSA) is 54.4 Å². The number of hydrogen-bond donors (Lipinski definition) is 1. The second kappa shape index (κ2) is 4.63. The molecule has 0 radical (unpaired) electrons. The molecule has 3 nitrogen and oxygen atoms in total. The maximum atomic E-state index is 11.3. The van der Waals surface area contributed by atoms with E-state index < -0.39 is 15.4 Å². The highest BCUT2D eigenvalue weighted by Gasteiger charge is 2.27. The van der Waals surface area contributed by atoms with Gasteiger partial charge in [0.1, 0.15) is 5.25 Å². The Hall–Kier alpha value is -1.39. The van der Waals surface area contributed by atoms with Crippen LogP contribution in [0.5, 0.6) is 0 Å².